The first kappa shape index (κ1) is 14.6. The van der Waals surface area contributed by atoms with Gasteiger partial charge in [-0.05, 0) is 36.3 Å². The lowest BCUT2D eigenvalue weighted by atomic mass is 10.0. The molecule has 0 aromatic heterocycles. The van der Waals surface area contributed by atoms with Crippen LogP contribution in [-0.2, 0) is 22.4 Å². The van der Waals surface area contributed by atoms with Crippen LogP contribution in [0.2, 0.25) is 0 Å². The largest absolute Gasteiger partial charge is 0.480 e. The second kappa shape index (κ2) is 6.07. The van der Waals surface area contributed by atoms with Crippen molar-refractivity contribution in [1.29, 1.82) is 0 Å². The number of carboxylic acids is 1. The second-order valence-corrected chi connectivity index (χ2v) is 5.90. The van der Waals surface area contributed by atoms with E-state index in [1.165, 1.54) is 11.1 Å². The maximum atomic E-state index is 12.2. The number of aliphatic carboxylic acids is 1. The Morgan fingerprint density at radius 3 is 2.25 bits per heavy atom. The molecule has 1 aliphatic rings. The molecular formula is C16H21NO3. The van der Waals surface area contributed by atoms with Crippen LogP contribution in [0.5, 0.6) is 0 Å². The summed E-state index contributed by atoms with van der Waals surface area (Å²) in [6.45, 7) is 3.90. The van der Waals surface area contributed by atoms with Crippen molar-refractivity contribution in [2.45, 2.75) is 39.2 Å². The van der Waals surface area contributed by atoms with Crippen LogP contribution >= 0.6 is 0 Å². The number of hydrogen-bond donors (Lipinski definition) is 2. The highest BCUT2D eigenvalue weighted by Gasteiger charge is 2.30. The van der Waals surface area contributed by atoms with Gasteiger partial charge in [-0.1, -0.05) is 38.1 Å². The molecule has 2 N–H and O–H groups in total. The van der Waals surface area contributed by atoms with Gasteiger partial charge in [0.15, 0.2) is 0 Å². The standard InChI is InChI=1S/C16H21NO3/c1-10(2)7-14(16(19)20)17-15(18)13-8-11-5-3-4-6-12(11)9-13/h3-6,10,13-14H,7-9H2,1-2H3,(H,17,18)(H,19,20)/t14-/m0/s1. The molecule has 108 valence electrons. The fourth-order valence-corrected chi connectivity index (χ4v) is 2.73. The first-order valence-corrected chi connectivity index (χ1v) is 7.07. The molecule has 0 aliphatic heterocycles. The lowest BCUT2D eigenvalue weighted by Gasteiger charge is -2.18. The smallest absolute Gasteiger partial charge is 0.326 e. The van der Waals surface area contributed by atoms with Gasteiger partial charge in [-0.2, -0.15) is 0 Å². The van der Waals surface area contributed by atoms with E-state index in [9.17, 15) is 14.7 Å². The molecule has 0 radical (unpaired) electrons. The molecule has 0 saturated carbocycles. The summed E-state index contributed by atoms with van der Waals surface area (Å²) < 4.78 is 0. The molecule has 1 aromatic carbocycles. The Hall–Kier alpha value is -1.84. The van der Waals surface area contributed by atoms with E-state index in [4.69, 9.17) is 0 Å². The summed E-state index contributed by atoms with van der Waals surface area (Å²) in [5.41, 5.74) is 2.40. The number of carbonyl (C=O) groups excluding carboxylic acids is 1. The van der Waals surface area contributed by atoms with Crippen LogP contribution in [0.15, 0.2) is 24.3 Å². The van der Waals surface area contributed by atoms with E-state index in [1.54, 1.807) is 0 Å². The van der Waals surface area contributed by atoms with Crippen molar-refractivity contribution in [3.63, 3.8) is 0 Å². The summed E-state index contributed by atoms with van der Waals surface area (Å²) in [7, 11) is 0. The Balaban J connectivity index is 1.97. The summed E-state index contributed by atoms with van der Waals surface area (Å²) >= 11 is 0. The van der Waals surface area contributed by atoms with Gasteiger partial charge >= 0.3 is 5.97 Å². The second-order valence-electron chi connectivity index (χ2n) is 5.90. The van der Waals surface area contributed by atoms with Gasteiger partial charge in [0.2, 0.25) is 5.91 Å². The summed E-state index contributed by atoms with van der Waals surface area (Å²) in [5, 5.41) is 11.9. The van der Waals surface area contributed by atoms with Crippen molar-refractivity contribution in [1.82, 2.24) is 5.32 Å². The van der Waals surface area contributed by atoms with Gasteiger partial charge in [-0.15, -0.1) is 0 Å². The summed E-state index contributed by atoms with van der Waals surface area (Å²) in [6, 6.07) is 7.22. The van der Waals surface area contributed by atoms with Crippen LogP contribution in [0.4, 0.5) is 0 Å². The van der Waals surface area contributed by atoms with Gasteiger partial charge in [-0.3, -0.25) is 4.79 Å². The van der Waals surface area contributed by atoms with Crippen LogP contribution in [0.3, 0.4) is 0 Å². The molecule has 2 rings (SSSR count). The first-order valence-electron chi connectivity index (χ1n) is 7.07. The molecule has 1 amide bonds. The molecule has 1 atom stereocenters. The average molecular weight is 275 g/mol. The molecule has 4 nitrogen and oxygen atoms in total. The maximum absolute atomic E-state index is 12.2. The van der Waals surface area contributed by atoms with E-state index in [1.807, 2.05) is 38.1 Å². The molecule has 20 heavy (non-hydrogen) atoms. The van der Waals surface area contributed by atoms with Gasteiger partial charge in [0.05, 0.1) is 0 Å². The van der Waals surface area contributed by atoms with Crippen molar-refractivity contribution in [2.24, 2.45) is 11.8 Å². The number of benzene rings is 1. The molecule has 0 heterocycles. The van der Waals surface area contributed by atoms with Crippen molar-refractivity contribution in [3.05, 3.63) is 35.4 Å². The van der Waals surface area contributed by atoms with E-state index in [-0.39, 0.29) is 17.7 Å². The lowest BCUT2D eigenvalue weighted by molar-refractivity contribution is -0.142. The normalized spacial score (nSPS) is 15.9. The van der Waals surface area contributed by atoms with Crippen molar-refractivity contribution >= 4 is 11.9 Å². The number of amides is 1. The highest BCUT2D eigenvalue weighted by molar-refractivity contribution is 5.85. The lowest BCUT2D eigenvalue weighted by Crippen LogP contribution is -2.44. The minimum absolute atomic E-state index is 0.138. The van der Waals surface area contributed by atoms with Crippen LogP contribution in [0, 0.1) is 11.8 Å². The van der Waals surface area contributed by atoms with Crippen molar-refractivity contribution < 1.29 is 14.7 Å². The summed E-state index contributed by atoms with van der Waals surface area (Å²) in [5.74, 6) is -1.00. The topological polar surface area (TPSA) is 66.4 Å². The van der Waals surface area contributed by atoms with Crippen molar-refractivity contribution in [2.75, 3.05) is 0 Å². The molecule has 0 spiro atoms. The monoisotopic (exact) mass is 275 g/mol. The number of carbonyl (C=O) groups is 2. The molecule has 1 aliphatic carbocycles. The van der Waals surface area contributed by atoms with Crippen LogP contribution in [-0.4, -0.2) is 23.0 Å². The van der Waals surface area contributed by atoms with E-state index in [0.29, 0.717) is 19.3 Å². The number of hydrogen-bond acceptors (Lipinski definition) is 2. The highest BCUT2D eigenvalue weighted by Crippen LogP contribution is 2.26. The van der Waals surface area contributed by atoms with E-state index in [0.717, 1.165) is 0 Å². The maximum Gasteiger partial charge on any atom is 0.326 e. The third kappa shape index (κ3) is 3.38. The van der Waals surface area contributed by atoms with Gasteiger partial charge in [-0.25, -0.2) is 4.79 Å². The van der Waals surface area contributed by atoms with Crippen LogP contribution < -0.4 is 5.32 Å². The fourth-order valence-electron chi connectivity index (χ4n) is 2.73. The number of fused-ring (bicyclic) bond motifs is 1. The van der Waals surface area contributed by atoms with Crippen LogP contribution in [0.1, 0.15) is 31.4 Å². The average Bonchev–Trinajstić information content (AvgIpc) is 2.81. The SMILES string of the molecule is CC(C)C[C@H](NC(=O)C1Cc2ccccc2C1)C(=O)O. The number of rotatable bonds is 5. The van der Waals surface area contributed by atoms with Gasteiger partial charge in [0.1, 0.15) is 6.04 Å². The number of carboxylic acid groups (broad SMARTS) is 1. The predicted molar refractivity (Wildman–Crippen MR) is 76.4 cm³/mol. The zero-order valence-corrected chi connectivity index (χ0v) is 11.9. The third-order valence-electron chi connectivity index (χ3n) is 3.74. The Kier molecular flexibility index (Phi) is 4.42. The quantitative estimate of drug-likeness (QED) is 0.864. The first-order chi connectivity index (χ1) is 9.47. The summed E-state index contributed by atoms with van der Waals surface area (Å²) in [6.07, 6.45) is 1.87. The molecule has 0 bridgehead atoms. The predicted octanol–water partition coefficient (Wildman–Crippen LogP) is 2.02. The summed E-state index contributed by atoms with van der Waals surface area (Å²) in [4.78, 5) is 23.4. The third-order valence-corrected chi connectivity index (χ3v) is 3.74. The highest BCUT2D eigenvalue weighted by atomic mass is 16.4. The van der Waals surface area contributed by atoms with E-state index in [2.05, 4.69) is 5.32 Å². The molecule has 1 aromatic rings. The van der Waals surface area contributed by atoms with Gasteiger partial charge < -0.3 is 10.4 Å². The zero-order valence-electron chi connectivity index (χ0n) is 11.9. The zero-order chi connectivity index (χ0) is 14.7. The molecule has 4 heteroatoms. The van der Waals surface area contributed by atoms with Crippen LogP contribution in [0.25, 0.3) is 0 Å². The Morgan fingerprint density at radius 2 is 1.80 bits per heavy atom. The minimum atomic E-state index is -0.956. The minimum Gasteiger partial charge on any atom is -0.480 e. The molecule has 0 fully saturated rings. The number of nitrogens with one attached hydrogen (secondary N) is 1. The Labute approximate surface area is 119 Å². The Morgan fingerprint density at radius 1 is 1.25 bits per heavy atom. The van der Waals surface area contributed by atoms with Gasteiger partial charge in [0.25, 0.3) is 0 Å². The molecule has 0 saturated heterocycles. The molecular weight excluding hydrogens is 254 g/mol. The van der Waals surface area contributed by atoms with Gasteiger partial charge in [0, 0.05) is 5.92 Å². The van der Waals surface area contributed by atoms with E-state index < -0.39 is 12.0 Å². The Bertz CT molecular complexity index is 485. The van der Waals surface area contributed by atoms with Crippen molar-refractivity contribution in [3.8, 4) is 0 Å². The van der Waals surface area contributed by atoms with E-state index >= 15 is 0 Å². The fraction of sp³-hybridized carbons (Fsp3) is 0.500. The molecule has 0 unspecified atom stereocenters.